The molecule has 4 fully saturated rings. The number of nitrogens with zero attached hydrogens (tertiary/aromatic N) is 6. The van der Waals surface area contributed by atoms with Gasteiger partial charge in [-0.1, -0.05) is 6.07 Å². The highest BCUT2D eigenvalue weighted by molar-refractivity contribution is 6.11. The molecule has 22 heteroatoms. The Morgan fingerprint density at radius 1 is 0.625 bits per heavy atom. The van der Waals surface area contributed by atoms with E-state index in [1.54, 1.807) is 0 Å². The molecule has 5 heterocycles. The molecule has 0 aliphatic carbocycles. The highest BCUT2D eigenvalue weighted by Crippen LogP contribution is 2.30. The van der Waals surface area contributed by atoms with Crippen molar-refractivity contribution >= 4 is 69.0 Å². The molecule has 4 aromatic carbocycles. The van der Waals surface area contributed by atoms with Crippen LogP contribution < -0.4 is 31.1 Å². The van der Waals surface area contributed by atoms with Crippen LogP contribution in [0, 0.1) is 11.6 Å². The van der Waals surface area contributed by atoms with Crippen LogP contribution in [-0.2, 0) is 44.5 Å². The topological polar surface area (TPSA) is 215 Å². The van der Waals surface area contributed by atoms with Gasteiger partial charge in [-0.05, 0) is 111 Å². The maximum Gasteiger partial charge on any atom is 0.258 e. The fourth-order valence-electron chi connectivity index (χ4n) is 10.4. The second-order valence-corrected chi connectivity index (χ2v) is 20.7. The van der Waals surface area contributed by atoms with Crippen molar-refractivity contribution in [2.45, 2.75) is 57.0 Å². The van der Waals surface area contributed by atoms with E-state index in [0.29, 0.717) is 158 Å². The van der Waals surface area contributed by atoms with Gasteiger partial charge in [0.1, 0.15) is 17.7 Å². The second-order valence-electron chi connectivity index (χ2n) is 20.7. The van der Waals surface area contributed by atoms with E-state index < -0.39 is 17.7 Å². The zero-order valence-corrected chi connectivity index (χ0v) is 45.5. The number of aromatic amines is 1. The summed E-state index contributed by atoms with van der Waals surface area (Å²) in [4.78, 5) is 74.2. The molecule has 4 aliphatic heterocycles. The molecule has 0 saturated carbocycles. The van der Waals surface area contributed by atoms with E-state index in [1.165, 1.54) is 12.1 Å². The van der Waals surface area contributed by atoms with Crippen molar-refractivity contribution in [3.8, 4) is 0 Å². The number of benzene rings is 4. The number of H-pyrrole nitrogens is 1. The van der Waals surface area contributed by atoms with E-state index in [-0.39, 0.29) is 48.6 Å². The van der Waals surface area contributed by atoms with E-state index in [0.717, 1.165) is 54.9 Å². The van der Waals surface area contributed by atoms with Crippen molar-refractivity contribution in [3.05, 3.63) is 107 Å². The standard InChI is InChI=1S/C58H73F2N11O9/c1-67-18-20-69(21-19-67)47-7-8-48(57(75)64-56-49-37-40(2-9-50(49)65-66-56)34-41-35-42(59)38-43(60)36-41)52(39-47)62-45-12-16-70(17-13-45)54(73)14-26-77-28-30-79-32-33-80-31-29-78-27-15-55(74)71-24-22-68(23-25-71)46-5-3-44(4-6-46)61-51-10-11-53(72)63-58(51)76/h2-9,35-39,45,51,61-62H,10-34H2,1H3,(H,63,72,76)(H2,64,65,66,75). The van der Waals surface area contributed by atoms with E-state index >= 15 is 0 Å². The number of carbonyl (C=O) groups excluding carboxylic acids is 5. The number of hydrogen-bond acceptors (Lipinski definition) is 15. The number of nitrogens with one attached hydrogen (secondary N) is 5. The van der Waals surface area contributed by atoms with Crippen LogP contribution in [0.25, 0.3) is 10.9 Å². The first kappa shape index (κ1) is 57.4. The van der Waals surface area contributed by atoms with Gasteiger partial charge >= 0.3 is 0 Å². The number of amides is 5. The predicted octanol–water partition coefficient (Wildman–Crippen LogP) is 5.25. The van der Waals surface area contributed by atoms with Gasteiger partial charge in [0.05, 0.1) is 76.8 Å². The lowest BCUT2D eigenvalue weighted by atomic mass is 10.0. The van der Waals surface area contributed by atoms with Crippen molar-refractivity contribution in [1.29, 1.82) is 0 Å². The maximum atomic E-state index is 14.1. The molecule has 4 aliphatic rings. The summed E-state index contributed by atoms with van der Waals surface area (Å²) in [5.41, 5.74) is 6.03. The molecule has 9 rings (SSSR count). The third-order valence-electron chi connectivity index (χ3n) is 15.0. The fourth-order valence-corrected chi connectivity index (χ4v) is 10.4. The number of piperazine rings is 2. The third-order valence-corrected chi connectivity index (χ3v) is 15.0. The Kier molecular flexibility index (Phi) is 20.3. The monoisotopic (exact) mass is 1110 g/mol. The summed E-state index contributed by atoms with van der Waals surface area (Å²) < 4.78 is 50.5. The van der Waals surface area contributed by atoms with E-state index in [2.05, 4.69) is 53.2 Å². The fraction of sp³-hybridized carbons (Fsp3) is 0.483. The van der Waals surface area contributed by atoms with Crippen LogP contribution in [0.4, 0.5) is 37.3 Å². The summed E-state index contributed by atoms with van der Waals surface area (Å²) in [7, 11) is 2.11. The minimum atomic E-state index is -0.640. The minimum Gasteiger partial charge on any atom is -0.381 e. The zero-order chi connectivity index (χ0) is 55.8. The summed E-state index contributed by atoms with van der Waals surface area (Å²) >= 11 is 0. The zero-order valence-electron chi connectivity index (χ0n) is 45.5. The molecule has 0 spiro atoms. The Labute approximate surface area is 464 Å². The first-order valence-corrected chi connectivity index (χ1v) is 27.8. The first-order chi connectivity index (χ1) is 38.9. The highest BCUT2D eigenvalue weighted by Gasteiger charge is 2.28. The van der Waals surface area contributed by atoms with Crippen molar-refractivity contribution < 1.29 is 51.7 Å². The Hall–Kier alpha value is -7.24. The van der Waals surface area contributed by atoms with Crippen LogP contribution in [0.5, 0.6) is 0 Å². The largest absolute Gasteiger partial charge is 0.381 e. The van der Waals surface area contributed by atoms with Gasteiger partial charge < -0.3 is 59.4 Å². The summed E-state index contributed by atoms with van der Waals surface area (Å²) in [6.45, 7) is 10.2. The molecule has 5 amide bonds. The van der Waals surface area contributed by atoms with Gasteiger partial charge in [0.2, 0.25) is 23.6 Å². The highest BCUT2D eigenvalue weighted by atomic mass is 19.1. The lowest BCUT2D eigenvalue weighted by molar-refractivity contribution is -0.134. The van der Waals surface area contributed by atoms with E-state index in [9.17, 15) is 32.8 Å². The summed E-state index contributed by atoms with van der Waals surface area (Å²) in [5, 5.41) is 20.3. The molecule has 1 unspecified atom stereocenters. The van der Waals surface area contributed by atoms with Crippen LogP contribution in [0.1, 0.15) is 60.0 Å². The number of rotatable bonds is 25. The number of likely N-dealkylation sites (tertiary alicyclic amines) is 1. The normalized spacial score (nSPS) is 17.5. The Morgan fingerprint density at radius 3 is 1.85 bits per heavy atom. The third kappa shape index (κ3) is 16.2. The number of aromatic nitrogens is 2. The number of ether oxygens (including phenoxy) is 4. The van der Waals surface area contributed by atoms with E-state index in [1.807, 2.05) is 70.5 Å². The number of anilines is 5. The molecule has 5 N–H and O–H groups in total. The first-order valence-electron chi connectivity index (χ1n) is 27.8. The molecule has 0 radical (unpaired) electrons. The smallest absolute Gasteiger partial charge is 0.258 e. The maximum absolute atomic E-state index is 14.1. The number of likely N-dealkylation sites (N-methyl/N-ethyl adjacent to an activating group) is 1. The number of halogens is 2. The number of imide groups is 1. The average Bonchev–Trinajstić information content (AvgIpc) is 4.00. The Balaban J connectivity index is 0.618. The molecule has 0 bridgehead atoms. The quantitative estimate of drug-likeness (QED) is 0.0373. The molecule has 80 heavy (non-hydrogen) atoms. The average molecular weight is 1110 g/mol. The molecule has 5 aromatic rings. The summed E-state index contributed by atoms with van der Waals surface area (Å²) in [6.07, 6.45) is 3.04. The van der Waals surface area contributed by atoms with Gasteiger partial charge in [0.25, 0.3) is 5.91 Å². The van der Waals surface area contributed by atoms with E-state index in [4.69, 9.17) is 18.9 Å². The molecular weight excluding hydrogens is 1030 g/mol. The van der Waals surface area contributed by atoms with Crippen LogP contribution in [0.15, 0.2) is 78.9 Å². The van der Waals surface area contributed by atoms with Crippen molar-refractivity contribution in [2.24, 2.45) is 0 Å². The second kappa shape index (κ2) is 28.3. The predicted molar refractivity (Wildman–Crippen MR) is 300 cm³/mol. The molecule has 20 nitrogen and oxygen atoms in total. The Morgan fingerprint density at radius 2 is 1.21 bits per heavy atom. The number of carbonyl (C=O) groups is 5. The van der Waals surface area contributed by atoms with Crippen molar-refractivity contribution in [3.63, 3.8) is 0 Å². The van der Waals surface area contributed by atoms with Crippen LogP contribution >= 0.6 is 0 Å². The van der Waals surface area contributed by atoms with Gasteiger partial charge in [-0.2, -0.15) is 5.10 Å². The lowest BCUT2D eigenvalue weighted by Gasteiger charge is -2.36. The van der Waals surface area contributed by atoms with Crippen LogP contribution in [0.2, 0.25) is 0 Å². The van der Waals surface area contributed by atoms with Crippen LogP contribution in [0.3, 0.4) is 0 Å². The van der Waals surface area contributed by atoms with Crippen molar-refractivity contribution in [1.82, 2.24) is 30.2 Å². The van der Waals surface area contributed by atoms with Gasteiger partial charge in [-0.3, -0.25) is 34.4 Å². The molecular formula is C58H73F2N11O9. The molecule has 1 atom stereocenters. The number of hydrogen-bond donors (Lipinski definition) is 5. The SMILES string of the molecule is CN1CCN(c2ccc(C(=O)Nc3n[nH]c4ccc(Cc5cc(F)cc(F)c5)cc34)c(NC3CCN(C(=O)CCOCCOCCOCCOCCC(=O)N4CCN(c5ccc(NC6CCC(=O)NC6=O)cc5)CC4)CC3)c2)CC1. The van der Waals surface area contributed by atoms with Crippen LogP contribution in [-0.4, -0.2) is 192 Å². The molecule has 1 aromatic heterocycles. The summed E-state index contributed by atoms with van der Waals surface area (Å²) in [6, 6.07) is 22.3. The summed E-state index contributed by atoms with van der Waals surface area (Å²) in [5.74, 6) is -1.73. The molecule has 4 saturated heterocycles. The lowest BCUT2D eigenvalue weighted by Crippen LogP contribution is -2.49. The minimum absolute atomic E-state index is 0.0218. The van der Waals surface area contributed by atoms with Gasteiger partial charge in [0.15, 0.2) is 5.82 Å². The Bertz CT molecular complexity index is 2880. The van der Waals surface area contributed by atoms with Gasteiger partial charge in [0, 0.05) is 112 Å². The molecule has 428 valence electrons. The van der Waals surface area contributed by atoms with Crippen molar-refractivity contribution in [2.75, 3.05) is 151 Å². The number of fused-ring (bicyclic) bond motifs is 1. The van der Waals surface area contributed by atoms with Gasteiger partial charge in [-0.25, -0.2) is 8.78 Å². The van der Waals surface area contributed by atoms with Gasteiger partial charge in [-0.15, -0.1) is 0 Å². The number of piperidine rings is 2.